The summed E-state index contributed by atoms with van der Waals surface area (Å²) in [4.78, 5) is 27.2. The average molecular weight is 1200 g/mol. The Bertz CT molecular complexity index is 6520. The van der Waals surface area contributed by atoms with Crippen molar-refractivity contribution in [3.8, 4) is 67.0 Å². The molecule has 0 atom stereocenters. The average Bonchev–Trinajstić information content (AvgIpc) is 1.04. The maximum Gasteiger partial charge on any atom is 0.236 e. The van der Waals surface area contributed by atoms with E-state index >= 15 is 0 Å². The first kappa shape index (κ1) is 51.0. The quantitative estimate of drug-likeness (QED) is 0.163. The van der Waals surface area contributed by atoms with Gasteiger partial charge in [0, 0.05) is 54.6 Å². The Hall–Kier alpha value is -12.8. The molecule has 2 aliphatic rings. The van der Waals surface area contributed by atoms with Crippen molar-refractivity contribution in [3.63, 3.8) is 0 Å². The number of anilines is 6. The van der Waals surface area contributed by atoms with Gasteiger partial charge in [-0.05, 0) is 131 Å². The van der Waals surface area contributed by atoms with Crippen LogP contribution in [0.4, 0.5) is 34.6 Å². The van der Waals surface area contributed by atoms with E-state index in [0.717, 1.165) is 176 Å². The van der Waals surface area contributed by atoms with Gasteiger partial charge in [-0.3, -0.25) is 9.80 Å². The van der Waals surface area contributed by atoms with E-state index < -0.39 is 0 Å². The van der Waals surface area contributed by atoms with E-state index in [0.29, 0.717) is 28.8 Å². The summed E-state index contributed by atoms with van der Waals surface area (Å²) < 4.78 is 13.7. The third-order valence-electron chi connectivity index (χ3n) is 19.7. The Morgan fingerprint density at radius 3 is 1.35 bits per heavy atom. The predicted octanol–water partition coefficient (Wildman–Crippen LogP) is 23.6. The molecule has 0 bridgehead atoms. The van der Waals surface area contributed by atoms with Gasteiger partial charge in [-0.2, -0.15) is 0 Å². The third kappa shape index (κ3) is 7.27. The molecular weight excluding hydrogens is 1150 g/mol. The molecular formula is C86H48N6O2. The van der Waals surface area contributed by atoms with Gasteiger partial charge in [0.15, 0.2) is 11.2 Å². The van der Waals surface area contributed by atoms with Crippen molar-refractivity contribution in [2.45, 2.75) is 0 Å². The summed E-state index contributed by atoms with van der Waals surface area (Å²) in [6, 6.07) is 104. The van der Waals surface area contributed by atoms with Crippen LogP contribution in [0.2, 0.25) is 0 Å². The maximum absolute atomic E-state index is 6.98. The Balaban J connectivity index is 0.788. The SMILES string of the molecule is c1ccc(-c2ccc(-c3nc(N4c5c(ccc6ccccc56)-c5cccc6cccc4c56)nc4c3oc3ccccc34)c3ccc(-c4cc5c6c(cccc6c4)N(c4nc(-c6cccc7ccccc67)c6oc7ccccc7c6n4)c4c-5ccc5ccccc45)cc23)cc1. The molecule has 0 fully saturated rings. The fourth-order valence-electron chi connectivity index (χ4n) is 15.5. The Morgan fingerprint density at radius 1 is 0.245 bits per heavy atom. The predicted molar refractivity (Wildman–Crippen MR) is 386 cm³/mol. The molecule has 21 rings (SSSR count). The molecule has 0 unspecified atom stereocenters. The Labute approximate surface area is 537 Å². The zero-order valence-corrected chi connectivity index (χ0v) is 50.2. The van der Waals surface area contributed by atoms with Crippen LogP contribution in [0.25, 0.3) is 176 Å². The van der Waals surface area contributed by atoms with Crippen LogP contribution >= 0.6 is 0 Å². The lowest BCUT2D eigenvalue weighted by atomic mass is 9.86. The number of aromatic nitrogens is 4. The molecule has 94 heavy (non-hydrogen) atoms. The third-order valence-corrected chi connectivity index (χ3v) is 19.7. The molecule has 0 saturated carbocycles. The van der Waals surface area contributed by atoms with E-state index in [9.17, 15) is 0 Å². The van der Waals surface area contributed by atoms with Crippen molar-refractivity contribution < 1.29 is 8.83 Å². The van der Waals surface area contributed by atoms with E-state index in [1.807, 2.05) is 24.3 Å². The minimum atomic E-state index is 0.563. The second-order valence-corrected chi connectivity index (χ2v) is 24.7. The lowest BCUT2D eigenvalue weighted by Gasteiger charge is -2.33. The standard InChI is InChI=1S/C86H48N6O2/c1-2-18-49(19-3-1)58-44-45-64(78-84-80(68-31-11-13-37-74(68)94-84)90-86(88-78)91-71-34-16-25-53-24-15-32-62(75(53)71)65-42-38-51-21-5-8-28-59(51)81(65)91)61-41-40-54(47-69(58)61)56-46-55-26-17-35-72-76(55)70(48-56)66-43-39-52-22-6-9-29-60(52)82(66)92(72)85-87-77(63-33-14-23-50-20-4-7-27-57(50)63)83-79(89-85)67-30-10-12-36-73(67)93-83/h1-48H. The van der Waals surface area contributed by atoms with Gasteiger partial charge in [-0.15, -0.1) is 0 Å². The highest BCUT2D eigenvalue weighted by molar-refractivity contribution is 6.23. The van der Waals surface area contributed by atoms with Crippen molar-refractivity contribution in [1.82, 2.24) is 19.9 Å². The lowest BCUT2D eigenvalue weighted by Crippen LogP contribution is -2.18. The number of hydrogen-bond acceptors (Lipinski definition) is 8. The van der Waals surface area contributed by atoms with E-state index in [1.54, 1.807) is 0 Å². The monoisotopic (exact) mass is 1200 g/mol. The van der Waals surface area contributed by atoms with Crippen molar-refractivity contribution in [1.29, 1.82) is 0 Å². The van der Waals surface area contributed by atoms with Crippen LogP contribution < -0.4 is 9.80 Å². The number of furan rings is 2. The summed E-state index contributed by atoms with van der Waals surface area (Å²) in [6.45, 7) is 0. The fraction of sp³-hybridized carbons (Fsp3) is 0. The summed E-state index contributed by atoms with van der Waals surface area (Å²) in [5.41, 5.74) is 20.7. The molecule has 8 heteroatoms. The highest BCUT2D eigenvalue weighted by Gasteiger charge is 2.34. The van der Waals surface area contributed by atoms with Crippen molar-refractivity contribution in [3.05, 3.63) is 291 Å². The minimum Gasteiger partial charge on any atom is -0.452 e. The van der Waals surface area contributed by atoms with Crippen molar-refractivity contribution in [2.75, 3.05) is 9.80 Å². The highest BCUT2D eigenvalue weighted by Crippen LogP contribution is 2.57. The first-order chi connectivity index (χ1) is 46.6. The van der Waals surface area contributed by atoms with Crippen LogP contribution in [0.1, 0.15) is 0 Å². The molecule has 434 valence electrons. The largest absolute Gasteiger partial charge is 0.452 e. The van der Waals surface area contributed by atoms with Gasteiger partial charge in [-0.25, -0.2) is 19.9 Å². The molecule has 6 heterocycles. The summed E-state index contributed by atoms with van der Waals surface area (Å²) >= 11 is 0. The summed E-state index contributed by atoms with van der Waals surface area (Å²) in [6.07, 6.45) is 0. The van der Waals surface area contributed by atoms with Gasteiger partial charge in [0.2, 0.25) is 11.9 Å². The zero-order valence-electron chi connectivity index (χ0n) is 50.2. The first-order valence-electron chi connectivity index (χ1n) is 31.8. The van der Waals surface area contributed by atoms with Crippen LogP contribution in [0.3, 0.4) is 0 Å². The summed E-state index contributed by atoms with van der Waals surface area (Å²) in [5.74, 6) is 1.13. The van der Waals surface area contributed by atoms with Crippen molar-refractivity contribution >= 4 is 143 Å². The molecule has 15 aromatic carbocycles. The number of fused-ring (bicyclic) bond motifs is 16. The van der Waals surface area contributed by atoms with Crippen LogP contribution in [-0.4, -0.2) is 19.9 Å². The Kier molecular flexibility index (Phi) is 10.5. The minimum absolute atomic E-state index is 0.563. The van der Waals surface area contributed by atoms with Crippen molar-refractivity contribution in [2.24, 2.45) is 0 Å². The van der Waals surface area contributed by atoms with Gasteiger partial charge in [0.25, 0.3) is 0 Å². The van der Waals surface area contributed by atoms with E-state index in [-0.39, 0.29) is 0 Å². The van der Waals surface area contributed by atoms with E-state index in [1.165, 1.54) is 5.56 Å². The maximum atomic E-state index is 6.98. The normalized spacial score (nSPS) is 12.6. The molecule has 0 saturated heterocycles. The molecule has 0 radical (unpaired) electrons. The number of hydrogen-bond donors (Lipinski definition) is 0. The van der Waals surface area contributed by atoms with Crippen LogP contribution in [0.15, 0.2) is 300 Å². The second-order valence-electron chi connectivity index (χ2n) is 24.7. The fourth-order valence-corrected chi connectivity index (χ4v) is 15.5. The first-order valence-corrected chi connectivity index (χ1v) is 31.8. The number of rotatable bonds is 6. The highest BCUT2D eigenvalue weighted by atomic mass is 16.3. The van der Waals surface area contributed by atoms with Crippen LogP contribution in [0, 0.1) is 0 Å². The summed E-state index contributed by atoms with van der Waals surface area (Å²) in [7, 11) is 0. The van der Waals surface area contributed by atoms with Gasteiger partial charge < -0.3 is 8.83 Å². The van der Waals surface area contributed by atoms with Gasteiger partial charge in [-0.1, -0.05) is 237 Å². The molecule has 0 aliphatic carbocycles. The van der Waals surface area contributed by atoms with Crippen LogP contribution in [-0.2, 0) is 0 Å². The summed E-state index contributed by atoms with van der Waals surface area (Å²) in [5, 5.41) is 15.2. The smallest absolute Gasteiger partial charge is 0.236 e. The van der Waals surface area contributed by atoms with Gasteiger partial charge in [0.05, 0.1) is 22.7 Å². The molecule has 19 aromatic rings. The number of benzene rings is 15. The van der Waals surface area contributed by atoms with Gasteiger partial charge in [0.1, 0.15) is 33.6 Å². The molecule has 0 N–H and O–H groups in total. The van der Waals surface area contributed by atoms with Gasteiger partial charge >= 0.3 is 0 Å². The second kappa shape index (κ2) is 19.4. The van der Waals surface area contributed by atoms with E-state index in [2.05, 4.69) is 277 Å². The number of para-hydroxylation sites is 2. The van der Waals surface area contributed by atoms with Crippen LogP contribution in [0.5, 0.6) is 0 Å². The number of nitrogens with zero attached hydrogens (tertiary/aromatic N) is 6. The molecule has 0 spiro atoms. The zero-order chi connectivity index (χ0) is 61.3. The molecule has 0 amide bonds. The molecule has 4 aromatic heterocycles. The Morgan fingerprint density at radius 2 is 0.713 bits per heavy atom. The van der Waals surface area contributed by atoms with E-state index in [4.69, 9.17) is 28.8 Å². The molecule has 8 nitrogen and oxygen atoms in total. The lowest BCUT2D eigenvalue weighted by molar-refractivity contribution is 0.667. The topological polar surface area (TPSA) is 84.3 Å². The molecule has 2 aliphatic heterocycles.